The Bertz CT molecular complexity index is 654. The molecule has 2 aliphatic heterocycles. The van der Waals surface area contributed by atoms with Gasteiger partial charge in [0.1, 0.15) is 11.9 Å². The summed E-state index contributed by atoms with van der Waals surface area (Å²) in [5.41, 5.74) is 0. The first-order valence-corrected chi connectivity index (χ1v) is 8.96. The number of nitrogens with one attached hydrogen (secondary N) is 1. The fourth-order valence-corrected chi connectivity index (χ4v) is 3.69. The third kappa shape index (κ3) is 3.92. The smallest absolute Gasteiger partial charge is 0.225 e. The minimum absolute atomic E-state index is 0.0138. The molecular formula is C18H27N5O2. The van der Waals surface area contributed by atoms with Crippen LogP contribution < -0.4 is 5.32 Å². The number of hydrogen-bond donors (Lipinski definition) is 1. The van der Waals surface area contributed by atoms with Gasteiger partial charge in [0.25, 0.3) is 0 Å². The van der Waals surface area contributed by atoms with Crippen LogP contribution in [0.25, 0.3) is 0 Å². The first-order valence-electron chi connectivity index (χ1n) is 8.96. The maximum Gasteiger partial charge on any atom is 0.225 e. The van der Waals surface area contributed by atoms with Gasteiger partial charge in [0.2, 0.25) is 11.8 Å². The van der Waals surface area contributed by atoms with Gasteiger partial charge in [-0.1, -0.05) is 12.2 Å². The minimum atomic E-state index is -0.306. The van der Waals surface area contributed by atoms with E-state index in [1.807, 2.05) is 17.8 Å². The van der Waals surface area contributed by atoms with Crippen LogP contribution in [0.2, 0.25) is 0 Å². The number of nitrogens with zero attached hydrogens (tertiary/aromatic N) is 4. The summed E-state index contributed by atoms with van der Waals surface area (Å²) in [6, 6.07) is -0.306. The third-order valence-corrected chi connectivity index (χ3v) is 5.19. The van der Waals surface area contributed by atoms with Gasteiger partial charge in [-0.25, -0.2) is 4.98 Å². The molecule has 2 atom stereocenters. The minimum Gasteiger partial charge on any atom is -0.354 e. The number of hydrogen-bond acceptors (Lipinski definition) is 4. The zero-order valence-corrected chi connectivity index (χ0v) is 15.0. The summed E-state index contributed by atoms with van der Waals surface area (Å²) < 4.78 is 1.89. The second-order valence-electron chi connectivity index (χ2n) is 6.84. The highest BCUT2D eigenvalue weighted by Gasteiger charge is 2.40. The molecule has 3 rings (SSSR count). The molecule has 0 bridgehead atoms. The van der Waals surface area contributed by atoms with E-state index < -0.39 is 0 Å². The lowest BCUT2D eigenvalue weighted by atomic mass is 9.87. The van der Waals surface area contributed by atoms with Crippen molar-refractivity contribution in [3.8, 4) is 0 Å². The van der Waals surface area contributed by atoms with Crippen LogP contribution >= 0.6 is 0 Å². The average molecular weight is 345 g/mol. The molecule has 7 heteroatoms. The largest absolute Gasteiger partial charge is 0.354 e. The van der Waals surface area contributed by atoms with Crippen LogP contribution in [0.5, 0.6) is 0 Å². The summed E-state index contributed by atoms with van der Waals surface area (Å²) in [6.45, 7) is 3.48. The number of likely N-dealkylation sites (tertiary alicyclic amines) is 1. The van der Waals surface area contributed by atoms with Gasteiger partial charge in [0.15, 0.2) is 0 Å². The van der Waals surface area contributed by atoms with Crippen molar-refractivity contribution in [1.29, 1.82) is 0 Å². The van der Waals surface area contributed by atoms with Gasteiger partial charge in [0, 0.05) is 59.1 Å². The number of aromatic nitrogens is 2. The van der Waals surface area contributed by atoms with Crippen molar-refractivity contribution < 1.29 is 9.59 Å². The second kappa shape index (κ2) is 7.82. The van der Waals surface area contributed by atoms with Crippen LogP contribution in [-0.4, -0.2) is 64.4 Å². The molecule has 0 unspecified atom stereocenters. The Labute approximate surface area is 148 Å². The van der Waals surface area contributed by atoms with E-state index >= 15 is 0 Å². The molecule has 0 aliphatic carbocycles. The lowest BCUT2D eigenvalue weighted by Gasteiger charge is -2.37. The fourth-order valence-electron chi connectivity index (χ4n) is 3.69. The van der Waals surface area contributed by atoms with Crippen molar-refractivity contribution in [2.75, 3.05) is 33.2 Å². The second-order valence-corrected chi connectivity index (χ2v) is 6.84. The van der Waals surface area contributed by atoms with E-state index in [2.05, 4.69) is 27.4 Å². The van der Waals surface area contributed by atoms with Crippen molar-refractivity contribution in [3.05, 3.63) is 30.4 Å². The lowest BCUT2D eigenvalue weighted by molar-refractivity contribution is -0.142. The number of imidazole rings is 1. The van der Waals surface area contributed by atoms with E-state index in [-0.39, 0.29) is 23.8 Å². The zero-order chi connectivity index (χ0) is 17.8. The average Bonchev–Trinajstić information content (AvgIpc) is 3.03. The van der Waals surface area contributed by atoms with Crippen molar-refractivity contribution >= 4 is 11.8 Å². The normalized spacial score (nSPS) is 24.6. The van der Waals surface area contributed by atoms with Crippen molar-refractivity contribution in [2.45, 2.75) is 25.3 Å². The van der Waals surface area contributed by atoms with E-state index in [9.17, 15) is 9.59 Å². The SMILES string of the molecule is CN1C(=O)CC[C@H](C(=O)NCCN2CC=CCC2)[C@H]1c1nccn1C. The number of carbonyl (C=O) groups is 2. The Morgan fingerprint density at radius 1 is 1.36 bits per heavy atom. The summed E-state index contributed by atoms with van der Waals surface area (Å²) in [7, 11) is 3.66. The highest BCUT2D eigenvalue weighted by atomic mass is 16.2. The summed E-state index contributed by atoms with van der Waals surface area (Å²) in [6.07, 6.45) is 9.98. The van der Waals surface area contributed by atoms with Crippen molar-refractivity contribution in [2.24, 2.45) is 13.0 Å². The van der Waals surface area contributed by atoms with Crippen LogP contribution in [0.4, 0.5) is 0 Å². The van der Waals surface area contributed by atoms with Crippen molar-refractivity contribution in [3.63, 3.8) is 0 Å². The van der Waals surface area contributed by atoms with E-state index in [1.165, 1.54) is 0 Å². The molecule has 2 amide bonds. The van der Waals surface area contributed by atoms with Crippen LogP contribution in [0, 0.1) is 5.92 Å². The van der Waals surface area contributed by atoms with Gasteiger partial charge in [-0.2, -0.15) is 0 Å². The molecule has 1 aromatic heterocycles. The first kappa shape index (κ1) is 17.7. The molecule has 0 spiro atoms. The van der Waals surface area contributed by atoms with Gasteiger partial charge in [-0.05, 0) is 12.8 Å². The number of piperidine rings is 1. The molecule has 0 radical (unpaired) electrons. The van der Waals surface area contributed by atoms with Gasteiger partial charge in [0.05, 0.1) is 5.92 Å². The summed E-state index contributed by atoms with van der Waals surface area (Å²) >= 11 is 0. The molecule has 0 aromatic carbocycles. The Morgan fingerprint density at radius 2 is 2.20 bits per heavy atom. The van der Waals surface area contributed by atoms with Gasteiger partial charge >= 0.3 is 0 Å². The number of amides is 2. The van der Waals surface area contributed by atoms with Crippen LogP contribution in [-0.2, 0) is 16.6 Å². The predicted molar refractivity (Wildman–Crippen MR) is 94.6 cm³/mol. The van der Waals surface area contributed by atoms with Gasteiger partial charge in [-0.15, -0.1) is 0 Å². The van der Waals surface area contributed by atoms with Gasteiger partial charge < -0.3 is 14.8 Å². The fraction of sp³-hybridized carbons (Fsp3) is 0.611. The Hall–Kier alpha value is -2.15. The maximum atomic E-state index is 12.8. The summed E-state index contributed by atoms with van der Waals surface area (Å²) in [5.74, 6) is 0.582. The highest BCUT2D eigenvalue weighted by Crippen LogP contribution is 2.34. The highest BCUT2D eigenvalue weighted by molar-refractivity contribution is 5.84. The third-order valence-electron chi connectivity index (χ3n) is 5.19. The predicted octanol–water partition coefficient (Wildman–Crippen LogP) is 0.708. The molecule has 3 heterocycles. The molecule has 1 aromatic rings. The monoisotopic (exact) mass is 345 g/mol. The molecule has 1 saturated heterocycles. The topological polar surface area (TPSA) is 70.5 Å². The number of carbonyl (C=O) groups excluding carboxylic acids is 2. The number of rotatable bonds is 5. The molecule has 25 heavy (non-hydrogen) atoms. The van der Waals surface area contributed by atoms with E-state index in [4.69, 9.17) is 0 Å². The van der Waals surface area contributed by atoms with Crippen LogP contribution in [0.1, 0.15) is 31.1 Å². The maximum absolute atomic E-state index is 12.8. The molecule has 7 nitrogen and oxygen atoms in total. The molecule has 1 N–H and O–H groups in total. The molecular weight excluding hydrogens is 318 g/mol. The van der Waals surface area contributed by atoms with E-state index in [0.29, 0.717) is 19.4 Å². The molecule has 1 fully saturated rings. The Balaban J connectivity index is 1.63. The summed E-state index contributed by atoms with van der Waals surface area (Å²) in [5, 5.41) is 3.07. The standard InChI is InChI=1S/C18H27N5O2/c1-21-12-8-19-17(21)16-14(6-7-15(24)22(16)2)18(25)20-9-13-23-10-4-3-5-11-23/h3-4,8,12,14,16H,5-7,9-11,13H2,1-2H3,(H,20,25)/t14-,16-/m0/s1. The van der Waals surface area contributed by atoms with E-state index in [0.717, 1.165) is 31.9 Å². The van der Waals surface area contributed by atoms with Crippen LogP contribution in [0.3, 0.4) is 0 Å². The lowest BCUT2D eigenvalue weighted by Crippen LogP contribution is -2.48. The Kier molecular flexibility index (Phi) is 5.53. The Morgan fingerprint density at radius 3 is 2.88 bits per heavy atom. The molecule has 0 saturated carbocycles. The summed E-state index contributed by atoms with van der Waals surface area (Å²) in [4.78, 5) is 33.3. The molecule has 136 valence electrons. The zero-order valence-electron chi connectivity index (χ0n) is 15.0. The van der Waals surface area contributed by atoms with Gasteiger partial charge in [-0.3, -0.25) is 14.5 Å². The quantitative estimate of drug-likeness (QED) is 0.798. The van der Waals surface area contributed by atoms with Crippen LogP contribution in [0.15, 0.2) is 24.5 Å². The molecule has 2 aliphatic rings. The van der Waals surface area contributed by atoms with E-state index in [1.54, 1.807) is 18.1 Å². The first-order chi connectivity index (χ1) is 12.1. The number of aryl methyl sites for hydroxylation is 1. The van der Waals surface area contributed by atoms with Crippen molar-refractivity contribution in [1.82, 2.24) is 24.7 Å².